The van der Waals surface area contributed by atoms with Crippen LogP contribution in [0.25, 0.3) is 18.0 Å². The van der Waals surface area contributed by atoms with E-state index < -0.39 is 24.1 Å². The maximum absolute atomic E-state index is 14.8. The summed E-state index contributed by atoms with van der Waals surface area (Å²) in [4.78, 5) is 18.0. The largest absolute Gasteiger partial charge is 0.476 e. The summed E-state index contributed by atoms with van der Waals surface area (Å²) in [6.45, 7) is 1.93. The van der Waals surface area contributed by atoms with Gasteiger partial charge in [-0.3, -0.25) is 4.98 Å². The van der Waals surface area contributed by atoms with Crippen molar-refractivity contribution in [1.82, 2.24) is 25.0 Å². The minimum Gasteiger partial charge on any atom is -0.476 e. The van der Waals surface area contributed by atoms with Crippen LogP contribution >= 0.6 is 0 Å². The molecule has 0 amide bonds. The van der Waals surface area contributed by atoms with Crippen molar-refractivity contribution >= 4 is 23.9 Å². The Morgan fingerprint density at radius 2 is 2.03 bits per heavy atom. The Kier molecular flexibility index (Phi) is 6.23. The van der Waals surface area contributed by atoms with E-state index in [1.807, 2.05) is 24.4 Å². The van der Waals surface area contributed by atoms with Crippen LogP contribution in [0.2, 0.25) is 0 Å². The van der Waals surface area contributed by atoms with E-state index in [4.69, 9.17) is 10.1 Å². The van der Waals surface area contributed by atoms with Crippen molar-refractivity contribution in [2.24, 2.45) is 5.92 Å². The van der Waals surface area contributed by atoms with Crippen molar-refractivity contribution in [1.29, 1.82) is 0 Å². The molecular weight excluding hydrogens is 451 g/mol. The Hall–Kier alpha value is -3.76. The molecule has 2 unspecified atom stereocenters. The predicted molar refractivity (Wildman–Crippen MR) is 129 cm³/mol. The van der Waals surface area contributed by atoms with Crippen LogP contribution in [0.1, 0.15) is 35.1 Å². The number of anilines is 1. The van der Waals surface area contributed by atoms with Gasteiger partial charge in [0.15, 0.2) is 5.69 Å². The number of nitrogens with one attached hydrogen (secondary N) is 2. The quantitative estimate of drug-likeness (QED) is 0.416. The minimum atomic E-state index is -1.14. The monoisotopic (exact) mass is 478 g/mol. The van der Waals surface area contributed by atoms with E-state index in [-0.39, 0.29) is 17.3 Å². The molecule has 0 saturated carbocycles. The second-order valence-corrected chi connectivity index (χ2v) is 9.01. The summed E-state index contributed by atoms with van der Waals surface area (Å²) in [6.07, 6.45) is 5.99. The minimum absolute atomic E-state index is 0.115. The number of hydrogen-bond acceptors (Lipinski definition) is 7. The summed E-state index contributed by atoms with van der Waals surface area (Å²) in [5, 5.41) is 31.8. The van der Waals surface area contributed by atoms with Gasteiger partial charge in [-0.1, -0.05) is 0 Å². The highest BCUT2D eigenvalue weighted by Crippen LogP contribution is 2.28. The molecular formula is C25H27FN6O3. The van der Waals surface area contributed by atoms with Crippen LogP contribution in [0.3, 0.4) is 0 Å². The lowest BCUT2D eigenvalue weighted by Gasteiger charge is -2.31. The number of aliphatic hydroxyl groups is 1. The van der Waals surface area contributed by atoms with Crippen LogP contribution in [0, 0.1) is 11.7 Å². The molecule has 1 fully saturated rings. The van der Waals surface area contributed by atoms with E-state index >= 15 is 0 Å². The zero-order valence-electron chi connectivity index (χ0n) is 19.2. The molecule has 2 aliphatic rings. The number of rotatable bonds is 6. The average molecular weight is 479 g/mol. The normalized spacial score (nSPS) is 19.1. The fraction of sp³-hybridized carbons (Fsp3) is 0.320. The van der Waals surface area contributed by atoms with E-state index in [0.29, 0.717) is 11.4 Å². The van der Waals surface area contributed by atoms with Crippen LogP contribution in [0.5, 0.6) is 0 Å². The smallest absolute Gasteiger partial charge is 0.356 e. The number of carboxylic acid groups (broad SMARTS) is 1. The first-order valence-corrected chi connectivity index (χ1v) is 11.5. The van der Waals surface area contributed by atoms with Crippen LogP contribution in [-0.2, 0) is 0 Å². The lowest BCUT2D eigenvalue weighted by Crippen LogP contribution is -2.44. The van der Waals surface area contributed by atoms with Crippen molar-refractivity contribution in [3.8, 4) is 5.69 Å². The number of carboxylic acids is 1. The van der Waals surface area contributed by atoms with E-state index in [0.717, 1.165) is 36.5 Å². The molecule has 0 aliphatic carbocycles. The molecule has 4 heterocycles. The zero-order valence-corrected chi connectivity index (χ0v) is 19.2. The van der Waals surface area contributed by atoms with Gasteiger partial charge < -0.3 is 25.7 Å². The van der Waals surface area contributed by atoms with Gasteiger partial charge in [0.2, 0.25) is 0 Å². The van der Waals surface area contributed by atoms with E-state index in [1.54, 1.807) is 12.1 Å². The number of likely N-dealkylation sites (tertiary alicyclic amines) is 1. The Labute approximate surface area is 201 Å². The van der Waals surface area contributed by atoms with Gasteiger partial charge in [0.25, 0.3) is 0 Å². The highest BCUT2D eigenvalue weighted by molar-refractivity contribution is 5.85. The number of fused-ring (bicyclic) bond motifs is 1. The highest BCUT2D eigenvalue weighted by atomic mass is 19.1. The standard InChI is InChI=1S/C25H27FN6O3/c1-31-9-6-15(7-10-31)24(33)20-4-2-16-14-27-23(13-22(16)28-20)29-19-5-3-17(12-18(19)26)32-11-8-21(30-32)25(34)35/h2-5,8,11-15,23-24,27,29,33H,6-7,9-10H2,1H3,(H,34,35). The van der Waals surface area contributed by atoms with Gasteiger partial charge >= 0.3 is 5.97 Å². The molecule has 5 rings (SSSR count). The fourth-order valence-electron chi connectivity index (χ4n) is 4.49. The van der Waals surface area contributed by atoms with Gasteiger partial charge in [-0.2, -0.15) is 5.10 Å². The van der Waals surface area contributed by atoms with E-state index in [1.165, 1.54) is 23.0 Å². The third kappa shape index (κ3) is 4.89. The number of benzene rings is 1. The lowest BCUT2D eigenvalue weighted by molar-refractivity contribution is 0.0625. The third-order valence-corrected chi connectivity index (χ3v) is 6.57. The van der Waals surface area contributed by atoms with Crippen LogP contribution in [-0.4, -0.2) is 62.1 Å². The zero-order chi connectivity index (χ0) is 24.5. The molecule has 2 atom stereocenters. The molecule has 2 aliphatic heterocycles. The molecule has 0 radical (unpaired) electrons. The van der Waals surface area contributed by atoms with Crippen molar-refractivity contribution in [3.05, 3.63) is 70.4 Å². The maximum Gasteiger partial charge on any atom is 0.356 e. The highest BCUT2D eigenvalue weighted by Gasteiger charge is 2.26. The number of pyridine rings is 1. The summed E-state index contributed by atoms with van der Waals surface area (Å²) in [5.74, 6) is -1.46. The topological polar surface area (TPSA) is 116 Å². The number of hydrogen-bond donors (Lipinski definition) is 4. The number of aromatic carboxylic acids is 1. The molecule has 2 aromatic heterocycles. The van der Waals surface area contributed by atoms with Crippen molar-refractivity contribution in [3.63, 3.8) is 0 Å². The molecule has 0 spiro atoms. The first-order valence-electron chi connectivity index (χ1n) is 11.5. The van der Waals surface area contributed by atoms with E-state index in [2.05, 4.69) is 27.7 Å². The van der Waals surface area contributed by atoms with Gasteiger partial charge in [0.1, 0.15) is 12.0 Å². The average Bonchev–Trinajstić information content (AvgIpc) is 3.36. The second-order valence-electron chi connectivity index (χ2n) is 9.01. The number of nitrogens with zero attached hydrogens (tertiary/aromatic N) is 4. The first-order chi connectivity index (χ1) is 16.9. The molecule has 3 aromatic rings. The van der Waals surface area contributed by atoms with Crippen LogP contribution < -0.4 is 21.2 Å². The van der Waals surface area contributed by atoms with Crippen LogP contribution in [0.15, 0.2) is 42.6 Å². The Bertz CT molecular complexity index is 1370. The fourth-order valence-corrected chi connectivity index (χ4v) is 4.49. The Morgan fingerprint density at radius 3 is 2.74 bits per heavy atom. The van der Waals surface area contributed by atoms with Gasteiger partial charge in [-0.15, -0.1) is 0 Å². The maximum atomic E-state index is 14.8. The molecule has 35 heavy (non-hydrogen) atoms. The molecule has 0 bridgehead atoms. The van der Waals surface area contributed by atoms with Crippen molar-refractivity contribution in [2.45, 2.75) is 25.1 Å². The molecule has 4 N–H and O–H groups in total. The number of aromatic nitrogens is 3. The third-order valence-electron chi connectivity index (χ3n) is 6.57. The lowest BCUT2D eigenvalue weighted by atomic mass is 9.89. The van der Waals surface area contributed by atoms with Gasteiger partial charge in [0.05, 0.1) is 28.5 Å². The van der Waals surface area contributed by atoms with Crippen molar-refractivity contribution in [2.75, 3.05) is 25.5 Å². The van der Waals surface area contributed by atoms with Gasteiger partial charge in [-0.25, -0.2) is 13.9 Å². The number of halogens is 1. The van der Waals surface area contributed by atoms with Gasteiger partial charge in [0, 0.05) is 23.7 Å². The SMILES string of the molecule is CN1CCC(C(O)c2ccc3c(n2)=CC(Nc2ccc(-n4ccc(C(=O)O)n4)cc2F)NC=3)CC1. The molecule has 10 heteroatoms. The molecule has 182 valence electrons. The number of piperidine rings is 1. The van der Waals surface area contributed by atoms with Crippen molar-refractivity contribution < 1.29 is 19.4 Å². The second kappa shape index (κ2) is 9.47. The predicted octanol–water partition coefficient (Wildman–Crippen LogP) is 1.04. The summed E-state index contributed by atoms with van der Waals surface area (Å²) in [7, 11) is 2.09. The summed E-state index contributed by atoms with van der Waals surface area (Å²) in [6, 6.07) is 9.66. The molecule has 1 aromatic carbocycles. The van der Waals surface area contributed by atoms with Gasteiger partial charge in [-0.05, 0) is 75.3 Å². The molecule has 1 saturated heterocycles. The number of aliphatic hydroxyl groups excluding tert-OH is 1. The van der Waals surface area contributed by atoms with Crippen LogP contribution in [0.4, 0.5) is 10.1 Å². The Morgan fingerprint density at radius 1 is 1.23 bits per heavy atom. The summed E-state index contributed by atoms with van der Waals surface area (Å²) in [5.41, 5.74) is 1.22. The summed E-state index contributed by atoms with van der Waals surface area (Å²) < 4.78 is 16.1. The van der Waals surface area contributed by atoms with E-state index in [9.17, 15) is 14.3 Å². The molecule has 9 nitrogen and oxygen atoms in total. The number of carbonyl (C=O) groups is 1. The first kappa shape index (κ1) is 23.0. The Balaban J connectivity index is 1.33. The summed E-state index contributed by atoms with van der Waals surface area (Å²) >= 11 is 0.